The molecule has 0 radical (unpaired) electrons. The second-order valence-corrected chi connectivity index (χ2v) is 6.73. The molecular weight excluding hydrogens is 356 g/mol. The van der Waals surface area contributed by atoms with Crippen molar-refractivity contribution in [2.75, 3.05) is 5.32 Å². The lowest BCUT2D eigenvalue weighted by Crippen LogP contribution is -2.32. The quantitative estimate of drug-likeness (QED) is 0.688. The maximum atomic E-state index is 5.44. The van der Waals surface area contributed by atoms with Crippen LogP contribution in [0.5, 0.6) is 0 Å². The zero-order chi connectivity index (χ0) is 16.1. The van der Waals surface area contributed by atoms with E-state index in [9.17, 15) is 0 Å². The third-order valence-electron chi connectivity index (χ3n) is 3.75. The highest BCUT2D eigenvalue weighted by molar-refractivity contribution is 9.10. The van der Waals surface area contributed by atoms with Crippen molar-refractivity contribution in [1.29, 1.82) is 0 Å². The van der Waals surface area contributed by atoms with Crippen LogP contribution in [-0.4, -0.2) is 5.11 Å². The number of halogens is 1. The minimum absolute atomic E-state index is 0.217. The van der Waals surface area contributed by atoms with Crippen molar-refractivity contribution in [3.63, 3.8) is 0 Å². The van der Waals surface area contributed by atoms with Gasteiger partial charge in [-0.15, -0.1) is 0 Å². The highest BCUT2D eigenvalue weighted by atomic mass is 79.9. The summed E-state index contributed by atoms with van der Waals surface area (Å²) in [6.45, 7) is 6.44. The normalized spacial score (nSPS) is 11.8. The van der Waals surface area contributed by atoms with Crippen LogP contribution in [0.25, 0.3) is 0 Å². The predicted molar refractivity (Wildman–Crippen MR) is 102 cm³/mol. The van der Waals surface area contributed by atoms with Gasteiger partial charge in [0, 0.05) is 10.2 Å². The Morgan fingerprint density at radius 3 is 2.36 bits per heavy atom. The lowest BCUT2D eigenvalue weighted by atomic mass is 9.99. The van der Waals surface area contributed by atoms with Crippen molar-refractivity contribution >= 4 is 38.9 Å². The Balaban J connectivity index is 2.04. The Labute approximate surface area is 146 Å². The third kappa shape index (κ3) is 4.55. The molecule has 0 aliphatic heterocycles. The zero-order valence-electron chi connectivity index (χ0n) is 13.1. The van der Waals surface area contributed by atoms with Crippen LogP contribution < -0.4 is 10.6 Å². The largest absolute Gasteiger partial charge is 0.356 e. The predicted octanol–water partition coefficient (Wildman–Crippen LogP) is 5.50. The molecule has 1 unspecified atom stereocenters. The number of nitrogens with one attached hydrogen (secondary N) is 2. The first kappa shape index (κ1) is 17.0. The van der Waals surface area contributed by atoms with Crippen LogP contribution in [0.1, 0.15) is 36.1 Å². The lowest BCUT2D eigenvalue weighted by molar-refractivity contribution is 0.628. The van der Waals surface area contributed by atoms with E-state index in [0.29, 0.717) is 5.11 Å². The third-order valence-corrected chi connectivity index (χ3v) is 4.50. The Morgan fingerprint density at radius 2 is 1.77 bits per heavy atom. The van der Waals surface area contributed by atoms with Crippen molar-refractivity contribution in [1.82, 2.24) is 5.32 Å². The van der Waals surface area contributed by atoms with E-state index in [2.05, 4.69) is 65.5 Å². The van der Waals surface area contributed by atoms with E-state index in [1.807, 2.05) is 24.3 Å². The number of thiocarbonyl (C=S) groups is 1. The summed E-state index contributed by atoms with van der Waals surface area (Å²) in [7, 11) is 0. The van der Waals surface area contributed by atoms with E-state index in [1.54, 1.807) is 0 Å². The topological polar surface area (TPSA) is 24.1 Å². The standard InChI is InChI=1S/C18H21BrN2S/c1-4-17(14-6-5-12(2)13(3)11-14)21-18(22)20-16-9-7-15(19)8-10-16/h5-11,17H,4H2,1-3H3,(H2,20,21,22). The highest BCUT2D eigenvalue weighted by Gasteiger charge is 2.11. The number of aryl methyl sites for hydroxylation is 2. The molecule has 0 aromatic heterocycles. The maximum absolute atomic E-state index is 5.44. The van der Waals surface area contributed by atoms with Gasteiger partial charge in [0.25, 0.3) is 0 Å². The molecule has 0 amide bonds. The second kappa shape index (κ2) is 7.75. The molecule has 0 fully saturated rings. The molecule has 0 saturated heterocycles. The van der Waals surface area contributed by atoms with Crippen molar-refractivity contribution < 1.29 is 0 Å². The molecule has 2 nitrogen and oxygen atoms in total. The number of benzene rings is 2. The Kier molecular flexibility index (Phi) is 5.98. The molecule has 1 atom stereocenters. The summed E-state index contributed by atoms with van der Waals surface area (Å²) >= 11 is 8.87. The summed E-state index contributed by atoms with van der Waals surface area (Å²) in [6, 6.07) is 14.8. The summed E-state index contributed by atoms with van der Waals surface area (Å²) in [5, 5.41) is 7.28. The fourth-order valence-electron chi connectivity index (χ4n) is 2.26. The van der Waals surface area contributed by atoms with Gasteiger partial charge in [-0.3, -0.25) is 0 Å². The molecule has 2 aromatic carbocycles. The van der Waals surface area contributed by atoms with E-state index in [4.69, 9.17) is 12.2 Å². The van der Waals surface area contributed by atoms with Crippen LogP contribution >= 0.6 is 28.1 Å². The number of rotatable bonds is 4. The van der Waals surface area contributed by atoms with E-state index in [-0.39, 0.29) is 6.04 Å². The SMILES string of the molecule is CCC(NC(=S)Nc1ccc(Br)cc1)c1ccc(C)c(C)c1. The smallest absolute Gasteiger partial charge is 0.171 e. The van der Waals surface area contributed by atoms with E-state index in [1.165, 1.54) is 16.7 Å². The van der Waals surface area contributed by atoms with Crippen LogP contribution in [0.2, 0.25) is 0 Å². The van der Waals surface area contributed by atoms with Gasteiger partial charge in [-0.25, -0.2) is 0 Å². The summed E-state index contributed by atoms with van der Waals surface area (Å²) in [5.74, 6) is 0. The van der Waals surface area contributed by atoms with Gasteiger partial charge in [-0.05, 0) is 73.4 Å². The van der Waals surface area contributed by atoms with E-state index in [0.717, 1.165) is 16.6 Å². The molecule has 116 valence electrons. The van der Waals surface area contributed by atoms with Gasteiger partial charge in [0.2, 0.25) is 0 Å². The van der Waals surface area contributed by atoms with Crippen molar-refractivity contribution in [2.24, 2.45) is 0 Å². The minimum atomic E-state index is 0.217. The second-order valence-electron chi connectivity index (χ2n) is 5.41. The van der Waals surface area contributed by atoms with E-state index < -0.39 is 0 Å². The molecule has 2 N–H and O–H groups in total. The molecule has 0 aliphatic rings. The van der Waals surface area contributed by atoms with Crippen molar-refractivity contribution in [3.8, 4) is 0 Å². The summed E-state index contributed by atoms with van der Waals surface area (Å²) in [4.78, 5) is 0. The molecule has 0 saturated carbocycles. The maximum Gasteiger partial charge on any atom is 0.171 e. The average Bonchev–Trinajstić information content (AvgIpc) is 2.50. The molecule has 2 aromatic rings. The minimum Gasteiger partial charge on any atom is -0.356 e. The Bertz CT molecular complexity index is 653. The first-order valence-electron chi connectivity index (χ1n) is 7.40. The average molecular weight is 377 g/mol. The van der Waals surface area contributed by atoms with Gasteiger partial charge < -0.3 is 10.6 Å². The molecule has 2 rings (SSSR count). The Hall–Kier alpha value is -1.39. The van der Waals surface area contributed by atoms with Crippen LogP contribution in [0.15, 0.2) is 46.9 Å². The number of hydrogen-bond acceptors (Lipinski definition) is 1. The summed E-state index contributed by atoms with van der Waals surface area (Å²) < 4.78 is 1.05. The highest BCUT2D eigenvalue weighted by Crippen LogP contribution is 2.20. The Morgan fingerprint density at radius 1 is 1.09 bits per heavy atom. The molecule has 22 heavy (non-hydrogen) atoms. The molecule has 0 aliphatic carbocycles. The monoisotopic (exact) mass is 376 g/mol. The fraction of sp³-hybridized carbons (Fsp3) is 0.278. The summed E-state index contributed by atoms with van der Waals surface area (Å²) in [5.41, 5.74) is 4.87. The first-order valence-corrected chi connectivity index (χ1v) is 8.60. The molecule has 0 heterocycles. The van der Waals surface area contributed by atoms with Gasteiger partial charge in [0.15, 0.2) is 5.11 Å². The molecule has 4 heteroatoms. The molecular formula is C18H21BrN2S. The van der Waals surface area contributed by atoms with Gasteiger partial charge in [0.05, 0.1) is 6.04 Å². The van der Waals surface area contributed by atoms with Gasteiger partial charge in [-0.2, -0.15) is 0 Å². The molecule has 0 spiro atoms. The van der Waals surface area contributed by atoms with Gasteiger partial charge >= 0.3 is 0 Å². The molecule has 0 bridgehead atoms. The lowest BCUT2D eigenvalue weighted by Gasteiger charge is -2.21. The van der Waals surface area contributed by atoms with Crippen molar-refractivity contribution in [3.05, 3.63) is 63.6 Å². The first-order chi connectivity index (χ1) is 10.5. The summed E-state index contributed by atoms with van der Waals surface area (Å²) in [6.07, 6.45) is 0.977. The fourth-order valence-corrected chi connectivity index (χ4v) is 2.79. The van der Waals surface area contributed by atoms with Crippen LogP contribution in [0.4, 0.5) is 5.69 Å². The zero-order valence-corrected chi connectivity index (χ0v) is 15.5. The van der Waals surface area contributed by atoms with Crippen molar-refractivity contribution in [2.45, 2.75) is 33.2 Å². The van der Waals surface area contributed by atoms with Crippen LogP contribution in [-0.2, 0) is 0 Å². The number of hydrogen-bond donors (Lipinski definition) is 2. The number of anilines is 1. The van der Waals surface area contributed by atoms with Gasteiger partial charge in [0.1, 0.15) is 0 Å². The van der Waals surface area contributed by atoms with Gasteiger partial charge in [-0.1, -0.05) is 41.1 Å². The van der Waals surface area contributed by atoms with E-state index >= 15 is 0 Å². The van der Waals surface area contributed by atoms with Crippen LogP contribution in [0.3, 0.4) is 0 Å². The van der Waals surface area contributed by atoms with Crippen LogP contribution in [0, 0.1) is 13.8 Å².